The molecule has 0 radical (unpaired) electrons. The molecule has 1 rings (SSSR count). The van der Waals surface area contributed by atoms with Gasteiger partial charge in [0.25, 0.3) is 0 Å². The molecular weight excluding hydrogens is 207 g/mol. The van der Waals surface area contributed by atoms with Gasteiger partial charge < -0.3 is 4.74 Å². The van der Waals surface area contributed by atoms with Crippen molar-refractivity contribution in [1.82, 2.24) is 0 Å². The van der Waals surface area contributed by atoms with E-state index >= 15 is 0 Å². The minimum Gasteiger partial charge on any atom is -0.491 e. The van der Waals surface area contributed by atoms with Gasteiger partial charge in [0.05, 0.1) is 6.10 Å². The molecule has 0 unspecified atom stereocenters. The van der Waals surface area contributed by atoms with Crippen LogP contribution in [0, 0.1) is 0 Å². The second kappa shape index (κ2) is 4.73. The van der Waals surface area contributed by atoms with Gasteiger partial charge in [-0.15, -0.1) is 11.6 Å². The Morgan fingerprint density at radius 1 is 1.31 bits per heavy atom. The lowest BCUT2D eigenvalue weighted by molar-refractivity contribution is 0.242. The van der Waals surface area contributed by atoms with E-state index in [0.29, 0.717) is 10.9 Å². The lowest BCUT2D eigenvalue weighted by Gasteiger charge is -2.10. The van der Waals surface area contributed by atoms with Crippen molar-refractivity contribution in [2.24, 2.45) is 0 Å². The highest BCUT2D eigenvalue weighted by Crippen LogP contribution is 2.22. The third kappa shape index (κ3) is 3.45. The van der Waals surface area contributed by atoms with Crippen molar-refractivity contribution in [2.75, 3.05) is 0 Å². The van der Waals surface area contributed by atoms with Crippen molar-refractivity contribution >= 4 is 23.2 Å². The molecule has 0 amide bonds. The first-order valence-electron chi connectivity index (χ1n) is 4.14. The third-order valence-electron chi connectivity index (χ3n) is 1.46. The Morgan fingerprint density at radius 2 is 2.00 bits per heavy atom. The summed E-state index contributed by atoms with van der Waals surface area (Å²) in [6.45, 7) is 3.95. The predicted molar refractivity (Wildman–Crippen MR) is 56.8 cm³/mol. The average molecular weight is 219 g/mol. The van der Waals surface area contributed by atoms with Crippen LogP contribution in [0.2, 0.25) is 5.02 Å². The maximum Gasteiger partial charge on any atom is 0.121 e. The van der Waals surface area contributed by atoms with Gasteiger partial charge in [-0.3, -0.25) is 0 Å². The van der Waals surface area contributed by atoms with Gasteiger partial charge in [-0.25, -0.2) is 0 Å². The highest BCUT2D eigenvalue weighted by atomic mass is 35.5. The molecule has 0 aliphatic rings. The second-order valence-corrected chi connectivity index (χ2v) is 3.80. The first kappa shape index (κ1) is 10.7. The summed E-state index contributed by atoms with van der Waals surface area (Å²) in [6.07, 6.45) is 0.154. The summed E-state index contributed by atoms with van der Waals surface area (Å²) in [6, 6.07) is 5.53. The maximum atomic E-state index is 5.87. The largest absolute Gasteiger partial charge is 0.491 e. The van der Waals surface area contributed by atoms with Gasteiger partial charge >= 0.3 is 0 Å². The molecule has 0 bridgehead atoms. The van der Waals surface area contributed by atoms with Crippen LogP contribution in [0.5, 0.6) is 5.75 Å². The minimum atomic E-state index is 0.154. The van der Waals surface area contributed by atoms with Gasteiger partial charge in [0.2, 0.25) is 0 Å². The fourth-order valence-corrected chi connectivity index (χ4v) is 1.44. The van der Waals surface area contributed by atoms with Crippen molar-refractivity contribution in [3.8, 4) is 5.75 Å². The van der Waals surface area contributed by atoms with Gasteiger partial charge in [0.1, 0.15) is 5.75 Å². The number of hydrogen-bond donors (Lipinski definition) is 0. The van der Waals surface area contributed by atoms with Crippen molar-refractivity contribution in [2.45, 2.75) is 25.8 Å². The van der Waals surface area contributed by atoms with E-state index in [1.807, 2.05) is 26.0 Å². The van der Waals surface area contributed by atoms with E-state index in [-0.39, 0.29) is 6.10 Å². The van der Waals surface area contributed by atoms with Gasteiger partial charge in [-0.1, -0.05) is 11.6 Å². The summed E-state index contributed by atoms with van der Waals surface area (Å²) in [5.41, 5.74) is 0.977. The molecule has 1 nitrogen and oxygen atoms in total. The highest BCUT2D eigenvalue weighted by molar-refractivity contribution is 6.30. The third-order valence-corrected chi connectivity index (χ3v) is 1.98. The molecule has 0 saturated carbocycles. The molecule has 0 atom stereocenters. The van der Waals surface area contributed by atoms with E-state index in [1.54, 1.807) is 6.07 Å². The highest BCUT2D eigenvalue weighted by Gasteiger charge is 2.01. The van der Waals surface area contributed by atoms with E-state index in [9.17, 15) is 0 Å². The van der Waals surface area contributed by atoms with Crippen LogP contribution in [-0.4, -0.2) is 6.10 Å². The number of halogens is 2. The average Bonchev–Trinajstić information content (AvgIpc) is 2.01. The molecule has 0 fully saturated rings. The van der Waals surface area contributed by atoms with Crippen molar-refractivity contribution < 1.29 is 4.74 Å². The van der Waals surface area contributed by atoms with Gasteiger partial charge in [-0.2, -0.15) is 0 Å². The molecule has 0 N–H and O–H groups in total. The molecule has 0 saturated heterocycles. The van der Waals surface area contributed by atoms with Crippen LogP contribution in [0.3, 0.4) is 0 Å². The molecule has 13 heavy (non-hydrogen) atoms. The van der Waals surface area contributed by atoms with Crippen LogP contribution >= 0.6 is 23.2 Å². The lowest BCUT2D eigenvalue weighted by Crippen LogP contribution is -2.05. The monoisotopic (exact) mass is 218 g/mol. The Balaban J connectivity index is 2.88. The van der Waals surface area contributed by atoms with Crippen LogP contribution in [-0.2, 0) is 5.88 Å². The number of hydrogen-bond acceptors (Lipinski definition) is 1. The van der Waals surface area contributed by atoms with Crippen LogP contribution in [0.1, 0.15) is 19.4 Å². The Hall–Kier alpha value is -0.400. The molecule has 0 aromatic heterocycles. The normalized spacial score (nSPS) is 10.5. The zero-order valence-electron chi connectivity index (χ0n) is 7.68. The summed E-state index contributed by atoms with van der Waals surface area (Å²) < 4.78 is 5.49. The Labute approximate surface area is 88.6 Å². The first-order valence-corrected chi connectivity index (χ1v) is 5.05. The smallest absolute Gasteiger partial charge is 0.121 e. The van der Waals surface area contributed by atoms with E-state index in [1.165, 1.54) is 0 Å². The lowest BCUT2D eigenvalue weighted by atomic mass is 10.2. The van der Waals surface area contributed by atoms with E-state index in [2.05, 4.69) is 0 Å². The van der Waals surface area contributed by atoms with Gasteiger partial charge in [0, 0.05) is 10.9 Å². The Bertz CT molecular complexity index is 284. The van der Waals surface area contributed by atoms with Crippen LogP contribution in [0.15, 0.2) is 18.2 Å². The second-order valence-electron chi connectivity index (χ2n) is 3.10. The zero-order valence-corrected chi connectivity index (χ0v) is 9.19. The quantitative estimate of drug-likeness (QED) is 0.701. The van der Waals surface area contributed by atoms with E-state index in [0.717, 1.165) is 11.3 Å². The summed E-state index contributed by atoms with van der Waals surface area (Å²) in [5.74, 6) is 1.23. The molecule has 72 valence electrons. The Kier molecular flexibility index (Phi) is 3.89. The number of alkyl halides is 1. The molecule has 1 aromatic rings. The standard InChI is InChI=1S/C10H12Cl2O/c1-7(2)13-10-4-8(6-11)3-9(12)5-10/h3-5,7H,6H2,1-2H3. The molecule has 3 heteroatoms. The number of benzene rings is 1. The van der Waals surface area contributed by atoms with Crippen LogP contribution in [0.4, 0.5) is 0 Å². The minimum absolute atomic E-state index is 0.154. The Morgan fingerprint density at radius 3 is 2.54 bits per heavy atom. The van der Waals surface area contributed by atoms with Crippen molar-refractivity contribution in [3.05, 3.63) is 28.8 Å². The SMILES string of the molecule is CC(C)Oc1cc(Cl)cc(CCl)c1. The topological polar surface area (TPSA) is 9.23 Å². The summed E-state index contributed by atoms with van der Waals surface area (Å²) in [7, 11) is 0. The maximum absolute atomic E-state index is 5.87. The molecular formula is C10H12Cl2O. The number of ether oxygens (including phenoxy) is 1. The van der Waals surface area contributed by atoms with Crippen LogP contribution in [0.25, 0.3) is 0 Å². The molecule has 0 heterocycles. The van der Waals surface area contributed by atoms with Gasteiger partial charge in [-0.05, 0) is 37.6 Å². The zero-order chi connectivity index (χ0) is 9.84. The molecule has 0 aliphatic heterocycles. The molecule has 0 spiro atoms. The van der Waals surface area contributed by atoms with Crippen molar-refractivity contribution in [3.63, 3.8) is 0 Å². The molecule has 1 aromatic carbocycles. The van der Waals surface area contributed by atoms with E-state index in [4.69, 9.17) is 27.9 Å². The fraction of sp³-hybridized carbons (Fsp3) is 0.400. The fourth-order valence-electron chi connectivity index (χ4n) is 1.04. The molecule has 0 aliphatic carbocycles. The number of rotatable bonds is 3. The first-order chi connectivity index (χ1) is 6.11. The summed E-state index contributed by atoms with van der Waals surface area (Å²) in [4.78, 5) is 0. The van der Waals surface area contributed by atoms with Crippen molar-refractivity contribution in [1.29, 1.82) is 0 Å². The van der Waals surface area contributed by atoms with Crippen LogP contribution < -0.4 is 4.74 Å². The van der Waals surface area contributed by atoms with E-state index < -0.39 is 0 Å². The summed E-state index contributed by atoms with van der Waals surface area (Å²) in [5, 5.41) is 0.661. The predicted octanol–water partition coefficient (Wildman–Crippen LogP) is 3.87. The summed E-state index contributed by atoms with van der Waals surface area (Å²) >= 11 is 11.6. The van der Waals surface area contributed by atoms with Gasteiger partial charge in [0.15, 0.2) is 0 Å².